The number of nitrogens with one attached hydrogen (secondary N) is 1. The summed E-state index contributed by atoms with van der Waals surface area (Å²) in [6.07, 6.45) is 2.70. The van der Waals surface area contributed by atoms with Crippen molar-refractivity contribution >= 4 is 11.8 Å². The van der Waals surface area contributed by atoms with E-state index in [4.69, 9.17) is 4.74 Å². The lowest BCUT2D eigenvalue weighted by Gasteiger charge is -2.37. The molecular weight excluding hydrogens is 256 g/mol. The van der Waals surface area contributed by atoms with Crippen molar-refractivity contribution < 1.29 is 14.3 Å². The van der Waals surface area contributed by atoms with Crippen molar-refractivity contribution in [1.82, 2.24) is 10.2 Å². The largest absolute Gasteiger partial charge is 0.371 e. The quantitative estimate of drug-likeness (QED) is 0.846. The Bertz CT molecular complexity index is 393. The number of hydrogen-bond acceptors (Lipinski definition) is 3. The minimum absolute atomic E-state index is 0.00329. The average molecular weight is 282 g/mol. The monoisotopic (exact) mass is 282 g/mol. The number of amides is 2. The van der Waals surface area contributed by atoms with Crippen molar-refractivity contribution in [3.63, 3.8) is 0 Å². The molecule has 2 heterocycles. The van der Waals surface area contributed by atoms with Gasteiger partial charge in [-0.15, -0.1) is 0 Å². The number of carbonyl (C=O) groups excluding carboxylic acids is 2. The van der Waals surface area contributed by atoms with E-state index >= 15 is 0 Å². The van der Waals surface area contributed by atoms with Crippen LogP contribution >= 0.6 is 0 Å². The molecule has 0 bridgehead atoms. The van der Waals surface area contributed by atoms with Crippen LogP contribution < -0.4 is 5.32 Å². The molecule has 2 saturated heterocycles. The van der Waals surface area contributed by atoms with Crippen LogP contribution in [0.2, 0.25) is 0 Å². The van der Waals surface area contributed by atoms with Crippen molar-refractivity contribution in [3.05, 3.63) is 0 Å². The van der Waals surface area contributed by atoms with Crippen LogP contribution in [0.15, 0.2) is 0 Å². The molecule has 20 heavy (non-hydrogen) atoms. The molecule has 2 aliphatic heterocycles. The maximum atomic E-state index is 12.1. The third kappa shape index (κ3) is 3.51. The van der Waals surface area contributed by atoms with Crippen LogP contribution in [0.3, 0.4) is 0 Å². The second kappa shape index (κ2) is 5.72. The van der Waals surface area contributed by atoms with Gasteiger partial charge in [-0.2, -0.15) is 0 Å². The lowest BCUT2D eigenvalue weighted by atomic mass is 9.99. The molecule has 0 radical (unpaired) electrons. The summed E-state index contributed by atoms with van der Waals surface area (Å²) in [6, 6.07) is -0.344. The van der Waals surface area contributed by atoms with Gasteiger partial charge >= 0.3 is 0 Å². The zero-order chi connectivity index (χ0) is 14.9. The summed E-state index contributed by atoms with van der Waals surface area (Å²) in [4.78, 5) is 25.9. The standard InChI is InChI=1S/C15H26N2O3/c1-10(2)7-12-14(19)16-8-13(18)17(12)9-11-5-6-15(3,4)20-11/h10-12H,5-9H2,1-4H3,(H,16,19). The Morgan fingerprint density at radius 1 is 1.40 bits per heavy atom. The van der Waals surface area contributed by atoms with Gasteiger partial charge < -0.3 is 15.0 Å². The van der Waals surface area contributed by atoms with Gasteiger partial charge in [0.05, 0.1) is 18.2 Å². The van der Waals surface area contributed by atoms with Gasteiger partial charge in [0.2, 0.25) is 11.8 Å². The average Bonchev–Trinajstić information content (AvgIpc) is 2.67. The molecule has 0 aromatic carbocycles. The number of ether oxygens (including phenoxy) is 1. The number of nitrogens with zero attached hydrogens (tertiary/aromatic N) is 1. The Hall–Kier alpha value is -1.10. The van der Waals surface area contributed by atoms with Gasteiger partial charge in [0.15, 0.2) is 0 Å². The molecule has 0 aromatic rings. The molecule has 2 unspecified atom stereocenters. The Kier molecular flexibility index (Phi) is 4.37. The van der Waals surface area contributed by atoms with E-state index in [0.29, 0.717) is 18.9 Å². The Morgan fingerprint density at radius 2 is 2.10 bits per heavy atom. The molecule has 5 heteroatoms. The van der Waals surface area contributed by atoms with Crippen LogP contribution in [0, 0.1) is 5.92 Å². The molecule has 0 aliphatic carbocycles. The fourth-order valence-electron chi connectivity index (χ4n) is 3.03. The summed E-state index contributed by atoms with van der Waals surface area (Å²) in [5, 5.41) is 2.69. The molecule has 1 N–H and O–H groups in total. The van der Waals surface area contributed by atoms with Crippen molar-refractivity contribution in [1.29, 1.82) is 0 Å². The van der Waals surface area contributed by atoms with Gasteiger partial charge in [-0.1, -0.05) is 13.8 Å². The number of hydrogen-bond donors (Lipinski definition) is 1. The van der Waals surface area contributed by atoms with Crippen LogP contribution in [0.4, 0.5) is 0 Å². The summed E-state index contributed by atoms with van der Waals surface area (Å²) in [6.45, 7) is 8.93. The topological polar surface area (TPSA) is 58.6 Å². The molecule has 0 saturated carbocycles. The molecule has 2 fully saturated rings. The number of rotatable bonds is 4. The summed E-state index contributed by atoms with van der Waals surface area (Å²) < 4.78 is 5.96. The molecule has 5 nitrogen and oxygen atoms in total. The number of piperazine rings is 1. The predicted molar refractivity (Wildman–Crippen MR) is 76.2 cm³/mol. The predicted octanol–water partition coefficient (Wildman–Crippen LogP) is 1.32. The first-order valence-corrected chi connectivity index (χ1v) is 7.53. The SMILES string of the molecule is CC(C)CC1C(=O)NCC(=O)N1CC1CCC(C)(C)O1. The Balaban J connectivity index is 2.05. The molecule has 0 spiro atoms. The zero-order valence-electron chi connectivity index (χ0n) is 12.9. The first-order chi connectivity index (χ1) is 9.28. The highest BCUT2D eigenvalue weighted by molar-refractivity contribution is 5.94. The van der Waals surface area contributed by atoms with Crippen LogP contribution in [0.1, 0.15) is 47.0 Å². The highest BCUT2D eigenvalue weighted by Gasteiger charge is 2.39. The zero-order valence-corrected chi connectivity index (χ0v) is 12.9. The maximum absolute atomic E-state index is 12.1. The van der Waals surface area contributed by atoms with E-state index in [9.17, 15) is 9.59 Å². The lowest BCUT2D eigenvalue weighted by Crippen LogP contribution is -2.60. The minimum atomic E-state index is -0.344. The maximum Gasteiger partial charge on any atom is 0.243 e. The third-order valence-corrected chi connectivity index (χ3v) is 4.06. The van der Waals surface area contributed by atoms with Crippen molar-refractivity contribution in [2.45, 2.75) is 64.7 Å². The normalized spacial score (nSPS) is 29.9. The molecule has 2 atom stereocenters. The summed E-state index contributed by atoms with van der Waals surface area (Å²) in [5.74, 6) is 0.346. The van der Waals surface area contributed by atoms with E-state index in [1.807, 2.05) is 0 Å². The molecular formula is C15H26N2O3. The molecule has 114 valence electrons. The van der Waals surface area contributed by atoms with Gasteiger partial charge in [0.1, 0.15) is 6.04 Å². The Morgan fingerprint density at radius 3 is 2.65 bits per heavy atom. The van der Waals surface area contributed by atoms with Gasteiger partial charge in [0.25, 0.3) is 0 Å². The van der Waals surface area contributed by atoms with E-state index in [1.165, 1.54) is 0 Å². The van der Waals surface area contributed by atoms with Gasteiger partial charge in [-0.3, -0.25) is 9.59 Å². The van der Waals surface area contributed by atoms with Crippen molar-refractivity contribution in [3.8, 4) is 0 Å². The Labute approximate surface area is 121 Å². The van der Waals surface area contributed by atoms with E-state index in [2.05, 4.69) is 33.0 Å². The molecule has 0 aromatic heterocycles. The van der Waals surface area contributed by atoms with Gasteiger partial charge in [0, 0.05) is 6.54 Å². The fraction of sp³-hybridized carbons (Fsp3) is 0.867. The van der Waals surface area contributed by atoms with Crippen molar-refractivity contribution in [2.24, 2.45) is 5.92 Å². The second-order valence-corrected chi connectivity index (χ2v) is 6.95. The van der Waals surface area contributed by atoms with Crippen molar-refractivity contribution in [2.75, 3.05) is 13.1 Å². The summed E-state index contributed by atoms with van der Waals surface area (Å²) >= 11 is 0. The van der Waals surface area contributed by atoms with E-state index in [1.54, 1.807) is 4.90 Å². The van der Waals surface area contributed by atoms with E-state index in [0.717, 1.165) is 12.8 Å². The first-order valence-electron chi connectivity index (χ1n) is 7.53. The summed E-state index contributed by atoms with van der Waals surface area (Å²) in [5.41, 5.74) is -0.112. The molecule has 2 rings (SSSR count). The van der Waals surface area contributed by atoms with Gasteiger partial charge in [-0.05, 0) is 39.0 Å². The highest BCUT2D eigenvalue weighted by atomic mass is 16.5. The van der Waals surface area contributed by atoms with Gasteiger partial charge in [-0.25, -0.2) is 0 Å². The summed E-state index contributed by atoms with van der Waals surface area (Å²) in [7, 11) is 0. The van der Waals surface area contributed by atoms with Crippen LogP contribution in [-0.2, 0) is 14.3 Å². The molecule has 2 amide bonds. The second-order valence-electron chi connectivity index (χ2n) is 6.95. The van der Waals surface area contributed by atoms with Crippen LogP contribution in [0.25, 0.3) is 0 Å². The lowest BCUT2D eigenvalue weighted by molar-refractivity contribution is -0.148. The number of carbonyl (C=O) groups is 2. The highest BCUT2D eigenvalue weighted by Crippen LogP contribution is 2.30. The minimum Gasteiger partial charge on any atom is -0.371 e. The third-order valence-electron chi connectivity index (χ3n) is 4.06. The van der Waals surface area contributed by atoms with Crippen LogP contribution in [-0.4, -0.2) is 47.6 Å². The first kappa shape index (κ1) is 15.3. The fourth-order valence-corrected chi connectivity index (χ4v) is 3.03. The smallest absolute Gasteiger partial charge is 0.243 e. The van der Waals surface area contributed by atoms with Crippen LogP contribution in [0.5, 0.6) is 0 Å². The molecule has 2 aliphatic rings. The van der Waals surface area contributed by atoms with E-state index < -0.39 is 0 Å². The van der Waals surface area contributed by atoms with E-state index in [-0.39, 0.29) is 36.1 Å².